The smallest absolute Gasteiger partial charge is 0.119 e. The SMILES string of the molecule is CC(C)c1ccccc1.OCCOc1ccccc1. The summed E-state index contributed by atoms with van der Waals surface area (Å²) in [5, 5.41) is 8.40. The highest BCUT2D eigenvalue weighted by molar-refractivity contribution is 5.20. The molecule has 0 bridgehead atoms. The van der Waals surface area contributed by atoms with Crippen molar-refractivity contribution in [2.75, 3.05) is 13.2 Å². The van der Waals surface area contributed by atoms with Crippen LogP contribution in [0, 0.1) is 0 Å². The molecule has 0 unspecified atom stereocenters. The molecule has 0 radical (unpaired) electrons. The van der Waals surface area contributed by atoms with E-state index in [0.717, 1.165) is 5.75 Å². The third-order valence-corrected chi connectivity index (χ3v) is 2.57. The Labute approximate surface area is 115 Å². The molecule has 0 atom stereocenters. The van der Waals surface area contributed by atoms with Crippen molar-refractivity contribution in [1.82, 2.24) is 0 Å². The second-order valence-electron chi connectivity index (χ2n) is 4.45. The van der Waals surface area contributed by atoms with Crippen LogP contribution >= 0.6 is 0 Å². The van der Waals surface area contributed by atoms with Gasteiger partial charge in [0, 0.05) is 0 Å². The summed E-state index contributed by atoms with van der Waals surface area (Å²) >= 11 is 0. The van der Waals surface area contributed by atoms with Crippen LogP contribution in [0.15, 0.2) is 60.7 Å². The molecule has 0 saturated carbocycles. The maximum atomic E-state index is 8.40. The third kappa shape index (κ3) is 6.63. The minimum Gasteiger partial charge on any atom is -0.491 e. The number of benzene rings is 2. The van der Waals surface area contributed by atoms with Gasteiger partial charge in [-0.1, -0.05) is 62.4 Å². The molecule has 2 aromatic rings. The first-order chi connectivity index (χ1) is 9.24. The minimum atomic E-state index is 0.0644. The molecule has 2 aromatic carbocycles. The van der Waals surface area contributed by atoms with Gasteiger partial charge in [0.2, 0.25) is 0 Å². The van der Waals surface area contributed by atoms with Gasteiger partial charge in [0.1, 0.15) is 12.4 Å². The fraction of sp³-hybridized carbons (Fsp3) is 0.294. The van der Waals surface area contributed by atoms with E-state index in [1.54, 1.807) is 0 Å². The van der Waals surface area contributed by atoms with E-state index in [2.05, 4.69) is 38.1 Å². The van der Waals surface area contributed by atoms with Gasteiger partial charge in [0.15, 0.2) is 0 Å². The van der Waals surface area contributed by atoms with E-state index in [1.165, 1.54) is 5.56 Å². The van der Waals surface area contributed by atoms with Crippen LogP contribution in [0.5, 0.6) is 5.75 Å². The van der Waals surface area contributed by atoms with Crippen molar-refractivity contribution in [3.8, 4) is 5.75 Å². The zero-order valence-electron chi connectivity index (χ0n) is 11.6. The van der Waals surface area contributed by atoms with E-state index in [-0.39, 0.29) is 6.61 Å². The lowest BCUT2D eigenvalue weighted by atomic mass is 10.0. The van der Waals surface area contributed by atoms with E-state index < -0.39 is 0 Å². The van der Waals surface area contributed by atoms with Crippen LogP contribution in [-0.2, 0) is 0 Å². The fourth-order valence-corrected chi connectivity index (χ4v) is 1.52. The maximum absolute atomic E-state index is 8.40. The van der Waals surface area contributed by atoms with E-state index >= 15 is 0 Å². The van der Waals surface area contributed by atoms with Crippen molar-refractivity contribution >= 4 is 0 Å². The standard InChI is InChI=1S/C9H12.C8H10O2/c1-8(2)9-6-4-3-5-7-9;9-6-7-10-8-4-2-1-3-5-8/h3-8H,1-2H3;1-5,9H,6-7H2. The molecule has 19 heavy (non-hydrogen) atoms. The first kappa shape index (κ1) is 15.3. The number of hydrogen-bond acceptors (Lipinski definition) is 2. The summed E-state index contributed by atoms with van der Waals surface area (Å²) in [7, 11) is 0. The van der Waals surface area contributed by atoms with Crippen molar-refractivity contribution in [3.63, 3.8) is 0 Å². The van der Waals surface area contributed by atoms with Crippen LogP contribution in [0.4, 0.5) is 0 Å². The van der Waals surface area contributed by atoms with Crippen molar-refractivity contribution in [3.05, 3.63) is 66.2 Å². The van der Waals surface area contributed by atoms with Crippen molar-refractivity contribution in [2.24, 2.45) is 0 Å². The zero-order valence-corrected chi connectivity index (χ0v) is 11.6. The molecule has 0 heterocycles. The van der Waals surface area contributed by atoms with Gasteiger partial charge in [-0.3, -0.25) is 0 Å². The number of rotatable bonds is 4. The van der Waals surface area contributed by atoms with E-state index in [4.69, 9.17) is 9.84 Å². The summed E-state index contributed by atoms with van der Waals surface area (Å²) in [4.78, 5) is 0. The Morgan fingerprint density at radius 1 is 0.895 bits per heavy atom. The van der Waals surface area contributed by atoms with Crippen LogP contribution in [-0.4, -0.2) is 18.3 Å². The van der Waals surface area contributed by atoms with Crippen molar-refractivity contribution in [2.45, 2.75) is 19.8 Å². The lowest BCUT2D eigenvalue weighted by Gasteiger charge is -2.01. The Morgan fingerprint density at radius 2 is 1.42 bits per heavy atom. The molecule has 0 spiro atoms. The van der Waals surface area contributed by atoms with Gasteiger partial charge >= 0.3 is 0 Å². The van der Waals surface area contributed by atoms with E-state index in [9.17, 15) is 0 Å². The topological polar surface area (TPSA) is 29.5 Å². The van der Waals surface area contributed by atoms with Crippen LogP contribution < -0.4 is 4.74 Å². The van der Waals surface area contributed by atoms with Crippen molar-refractivity contribution in [1.29, 1.82) is 0 Å². The maximum Gasteiger partial charge on any atom is 0.119 e. The predicted octanol–water partition coefficient (Wildman–Crippen LogP) is 3.87. The highest BCUT2D eigenvalue weighted by Crippen LogP contribution is 2.11. The Balaban J connectivity index is 0.000000191. The van der Waals surface area contributed by atoms with Crippen LogP contribution in [0.25, 0.3) is 0 Å². The summed E-state index contributed by atoms with van der Waals surface area (Å²) in [6.45, 7) is 4.84. The number of aliphatic hydroxyl groups is 1. The number of ether oxygens (including phenoxy) is 1. The predicted molar refractivity (Wildman–Crippen MR) is 79.6 cm³/mol. The second-order valence-corrected chi connectivity index (χ2v) is 4.45. The number of hydrogen-bond donors (Lipinski definition) is 1. The van der Waals surface area contributed by atoms with Crippen molar-refractivity contribution < 1.29 is 9.84 Å². The number of aliphatic hydroxyl groups excluding tert-OH is 1. The summed E-state index contributed by atoms with van der Waals surface area (Å²) in [5.74, 6) is 1.46. The molecule has 0 aliphatic rings. The monoisotopic (exact) mass is 258 g/mol. The van der Waals surface area contributed by atoms with Gasteiger partial charge in [-0.2, -0.15) is 0 Å². The molecular weight excluding hydrogens is 236 g/mol. The molecule has 2 rings (SSSR count). The molecule has 2 heteroatoms. The molecule has 0 saturated heterocycles. The van der Waals surface area contributed by atoms with Gasteiger partial charge in [0.05, 0.1) is 6.61 Å². The van der Waals surface area contributed by atoms with Gasteiger partial charge in [0.25, 0.3) is 0 Å². The summed E-state index contributed by atoms with van der Waals surface area (Å²) in [6.07, 6.45) is 0. The molecule has 0 fully saturated rings. The van der Waals surface area contributed by atoms with Crippen LogP contribution in [0.1, 0.15) is 25.3 Å². The molecule has 0 aliphatic heterocycles. The Morgan fingerprint density at radius 3 is 1.84 bits per heavy atom. The second kappa shape index (κ2) is 9.17. The molecule has 1 N–H and O–H groups in total. The van der Waals surface area contributed by atoms with E-state index in [0.29, 0.717) is 12.5 Å². The summed E-state index contributed by atoms with van der Waals surface area (Å²) < 4.78 is 5.11. The largest absolute Gasteiger partial charge is 0.491 e. The van der Waals surface area contributed by atoms with Gasteiger partial charge in [-0.15, -0.1) is 0 Å². The van der Waals surface area contributed by atoms with Gasteiger partial charge in [-0.25, -0.2) is 0 Å². The fourth-order valence-electron chi connectivity index (χ4n) is 1.52. The first-order valence-electron chi connectivity index (χ1n) is 6.57. The summed E-state index contributed by atoms with van der Waals surface area (Å²) in [5.41, 5.74) is 1.41. The molecular formula is C17H22O2. The zero-order chi connectivity index (χ0) is 13.9. The average Bonchev–Trinajstić information content (AvgIpc) is 2.48. The Hall–Kier alpha value is -1.80. The lowest BCUT2D eigenvalue weighted by molar-refractivity contribution is 0.201. The highest BCUT2D eigenvalue weighted by Gasteiger charge is 1.93. The quantitative estimate of drug-likeness (QED) is 0.902. The van der Waals surface area contributed by atoms with Crippen LogP contribution in [0.3, 0.4) is 0 Å². The average molecular weight is 258 g/mol. The highest BCUT2D eigenvalue weighted by atomic mass is 16.5. The van der Waals surface area contributed by atoms with Gasteiger partial charge in [-0.05, 0) is 23.6 Å². The molecule has 0 amide bonds. The first-order valence-corrected chi connectivity index (χ1v) is 6.57. The van der Waals surface area contributed by atoms with Crippen LogP contribution in [0.2, 0.25) is 0 Å². The van der Waals surface area contributed by atoms with E-state index in [1.807, 2.05) is 36.4 Å². The minimum absolute atomic E-state index is 0.0644. The Kier molecular flexibility index (Phi) is 7.37. The molecule has 2 nitrogen and oxygen atoms in total. The third-order valence-electron chi connectivity index (χ3n) is 2.57. The van der Waals surface area contributed by atoms with Gasteiger partial charge < -0.3 is 9.84 Å². The molecule has 102 valence electrons. The number of para-hydroxylation sites is 1. The normalized spacial score (nSPS) is 9.68. The Bertz CT molecular complexity index is 424. The summed E-state index contributed by atoms with van der Waals surface area (Å²) in [6, 6.07) is 19.9. The lowest BCUT2D eigenvalue weighted by Crippen LogP contribution is -2.00. The molecule has 0 aliphatic carbocycles. The molecule has 0 aromatic heterocycles.